The van der Waals surface area contributed by atoms with Crippen LogP contribution in [0.3, 0.4) is 0 Å². The van der Waals surface area contributed by atoms with Crippen molar-refractivity contribution in [3.05, 3.63) is 53.1 Å². The fourth-order valence-corrected chi connectivity index (χ4v) is 3.01. The molecule has 9 nitrogen and oxygen atoms in total. The molecule has 0 atom stereocenters. The number of amides is 3. The number of nitrogens with one attached hydrogen (secondary N) is 1. The standard InChI is InChI=1S/C23H26N2O7/c1-6-30-19-12-14(7-9-17(19)32-23(2,3)4)11-16-20(26)25(22(28)24-16)13-15-8-10-18(31-15)21(27)29-5/h7-12H,6,13H2,1-5H3,(H,24,28). The second kappa shape index (κ2) is 9.17. The van der Waals surface area contributed by atoms with Gasteiger partial charge in [-0.2, -0.15) is 0 Å². The summed E-state index contributed by atoms with van der Waals surface area (Å²) in [5, 5.41) is 2.56. The van der Waals surface area contributed by atoms with Crippen molar-refractivity contribution in [1.29, 1.82) is 0 Å². The molecular weight excluding hydrogens is 416 g/mol. The Kier molecular flexibility index (Phi) is 6.57. The number of methoxy groups -OCH3 is 1. The molecule has 170 valence electrons. The van der Waals surface area contributed by atoms with Gasteiger partial charge < -0.3 is 23.9 Å². The Balaban J connectivity index is 1.80. The number of urea groups is 1. The van der Waals surface area contributed by atoms with E-state index >= 15 is 0 Å². The van der Waals surface area contributed by atoms with Gasteiger partial charge in [0.25, 0.3) is 5.91 Å². The lowest BCUT2D eigenvalue weighted by molar-refractivity contribution is -0.123. The van der Waals surface area contributed by atoms with Gasteiger partial charge in [0.05, 0.1) is 20.3 Å². The topological polar surface area (TPSA) is 107 Å². The number of nitrogens with zero attached hydrogens (tertiary/aromatic N) is 1. The first-order valence-electron chi connectivity index (χ1n) is 10.1. The predicted octanol–water partition coefficient (Wildman–Crippen LogP) is 3.74. The first-order chi connectivity index (χ1) is 15.1. The van der Waals surface area contributed by atoms with Gasteiger partial charge in [0.15, 0.2) is 11.5 Å². The summed E-state index contributed by atoms with van der Waals surface area (Å²) < 4.78 is 21.5. The molecule has 1 aromatic heterocycles. The smallest absolute Gasteiger partial charge is 0.373 e. The number of furan rings is 1. The van der Waals surface area contributed by atoms with Crippen molar-refractivity contribution in [2.24, 2.45) is 0 Å². The predicted molar refractivity (Wildman–Crippen MR) is 115 cm³/mol. The fraction of sp³-hybridized carbons (Fsp3) is 0.348. The molecule has 1 aliphatic heterocycles. The zero-order chi connectivity index (χ0) is 23.5. The summed E-state index contributed by atoms with van der Waals surface area (Å²) in [7, 11) is 1.23. The minimum absolute atomic E-state index is 0.00802. The highest BCUT2D eigenvalue weighted by atomic mass is 16.5. The number of hydrogen-bond acceptors (Lipinski definition) is 7. The SMILES string of the molecule is CCOc1cc(C=C2NC(=O)N(Cc3ccc(C(=O)OC)o3)C2=O)ccc1OC(C)(C)C. The summed E-state index contributed by atoms with van der Waals surface area (Å²) in [6, 6.07) is 7.63. The number of carbonyl (C=O) groups is 3. The van der Waals surface area contributed by atoms with Gasteiger partial charge in [0, 0.05) is 0 Å². The van der Waals surface area contributed by atoms with Gasteiger partial charge in [0.1, 0.15) is 17.1 Å². The van der Waals surface area contributed by atoms with Crippen LogP contribution in [0.4, 0.5) is 4.79 Å². The van der Waals surface area contributed by atoms with Crippen molar-refractivity contribution in [3.63, 3.8) is 0 Å². The molecule has 0 aliphatic carbocycles. The van der Waals surface area contributed by atoms with E-state index in [-0.39, 0.29) is 23.8 Å². The van der Waals surface area contributed by atoms with Crippen LogP contribution in [0.2, 0.25) is 0 Å². The van der Waals surface area contributed by atoms with Gasteiger partial charge in [-0.1, -0.05) is 6.07 Å². The van der Waals surface area contributed by atoms with Crippen LogP contribution < -0.4 is 14.8 Å². The molecule has 0 spiro atoms. The van der Waals surface area contributed by atoms with E-state index in [4.69, 9.17) is 13.9 Å². The lowest BCUT2D eigenvalue weighted by Crippen LogP contribution is -2.30. The molecule has 2 aromatic rings. The summed E-state index contributed by atoms with van der Waals surface area (Å²) in [4.78, 5) is 37.6. The molecular formula is C23H26N2O7. The highest BCUT2D eigenvalue weighted by Gasteiger charge is 2.34. The maximum Gasteiger partial charge on any atom is 0.373 e. The number of ether oxygens (including phenoxy) is 3. The third kappa shape index (κ3) is 5.29. The van der Waals surface area contributed by atoms with Crippen LogP contribution in [0, 0.1) is 0 Å². The summed E-state index contributed by atoms with van der Waals surface area (Å²) in [5.41, 5.74) is 0.370. The largest absolute Gasteiger partial charge is 0.490 e. The van der Waals surface area contributed by atoms with Crippen LogP contribution in [0.25, 0.3) is 6.08 Å². The number of benzene rings is 1. The minimum Gasteiger partial charge on any atom is -0.490 e. The molecule has 1 aliphatic rings. The molecule has 1 saturated heterocycles. The van der Waals surface area contributed by atoms with Crippen LogP contribution in [-0.4, -0.2) is 42.1 Å². The maximum absolute atomic E-state index is 12.8. The van der Waals surface area contributed by atoms with Crippen molar-refractivity contribution in [2.45, 2.75) is 39.8 Å². The van der Waals surface area contributed by atoms with Crippen molar-refractivity contribution >= 4 is 24.0 Å². The Bertz CT molecular complexity index is 1060. The Morgan fingerprint density at radius 2 is 1.91 bits per heavy atom. The van der Waals surface area contributed by atoms with Crippen LogP contribution in [0.15, 0.2) is 40.4 Å². The van der Waals surface area contributed by atoms with Crippen LogP contribution in [0.5, 0.6) is 11.5 Å². The van der Waals surface area contributed by atoms with Crippen LogP contribution >= 0.6 is 0 Å². The van der Waals surface area contributed by atoms with E-state index in [2.05, 4.69) is 10.1 Å². The van der Waals surface area contributed by atoms with Crippen LogP contribution in [-0.2, 0) is 16.1 Å². The third-order valence-electron chi connectivity index (χ3n) is 4.32. The average molecular weight is 442 g/mol. The molecule has 9 heteroatoms. The molecule has 1 fully saturated rings. The van der Waals surface area contributed by atoms with E-state index in [1.807, 2.05) is 27.7 Å². The van der Waals surface area contributed by atoms with E-state index < -0.39 is 23.5 Å². The van der Waals surface area contributed by atoms with Crippen molar-refractivity contribution < 1.29 is 33.0 Å². The van der Waals surface area contributed by atoms with E-state index in [1.54, 1.807) is 24.3 Å². The molecule has 1 aromatic carbocycles. The van der Waals surface area contributed by atoms with Gasteiger partial charge in [-0.05, 0) is 63.6 Å². The second-order valence-corrected chi connectivity index (χ2v) is 7.99. The van der Waals surface area contributed by atoms with E-state index in [0.717, 1.165) is 4.90 Å². The number of carbonyl (C=O) groups excluding carboxylic acids is 3. The maximum atomic E-state index is 12.8. The molecule has 0 bridgehead atoms. The Hall–Kier alpha value is -3.75. The molecule has 3 rings (SSSR count). The lowest BCUT2D eigenvalue weighted by Gasteiger charge is -2.23. The highest BCUT2D eigenvalue weighted by Crippen LogP contribution is 2.32. The van der Waals surface area contributed by atoms with Gasteiger partial charge in [-0.15, -0.1) is 0 Å². The molecule has 3 amide bonds. The average Bonchev–Trinajstić information content (AvgIpc) is 3.29. The Labute approximate surface area is 185 Å². The summed E-state index contributed by atoms with van der Waals surface area (Å²) >= 11 is 0. The minimum atomic E-state index is -0.641. The number of rotatable bonds is 7. The molecule has 1 N–H and O–H groups in total. The lowest BCUT2D eigenvalue weighted by atomic mass is 10.1. The van der Waals surface area contributed by atoms with Crippen molar-refractivity contribution in [1.82, 2.24) is 10.2 Å². The normalized spacial score (nSPS) is 15.2. The summed E-state index contributed by atoms with van der Waals surface area (Å²) in [6.45, 7) is 8.00. The second-order valence-electron chi connectivity index (χ2n) is 7.99. The van der Waals surface area contributed by atoms with Crippen molar-refractivity contribution in [2.75, 3.05) is 13.7 Å². The first kappa shape index (κ1) is 22.9. The van der Waals surface area contributed by atoms with Gasteiger partial charge in [-0.25, -0.2) is 9.59 Å². The zero-order valence-electron chi connectivity index (χ0n) is 18.7. The quantitative estimate of drug-likeness (QED) is 0.395. The van der Waals surface area contributed by atoms with Crippen LogP contribution in [0.1, 0.15) is 49.6 Å². The van der Waals surface area contributed by atoms with E-state index in [9.17, 15) is 14.4 Å². The van der Waals surface area contributed by atoms with Crippen molar-refractivity contribution in [3.8, 4) is 11.5 Å². The monoisotopic (exact) mass is 442 g/mol. The van der Waals surface area contributed by atoms with Gasteiger partial charge >= 0.3 is 12.0 Å². The summed E-state index contributed by atoms with van der Waals surface area (Å²) in [5.74, 6) is 0.237. The first-order valence-corrected chi connectivity index (χ1v) is 10.1. The Morgan fingerprint density at radius 3 is 2.56 bits per heavy atom. The molecule has 32 heavy (non-hydrogen) atoms. The van der Waals surface area contributed by atoms with Gasteiger partial charge in [-0.3, -0.25) is 9.69 Å². The molecule has 0 radical (unpaired) electrons. The molecule has 0 saturated carbocycles. The summed E-state index contributed by atoms with van der Waals surface area (Å²) in [6.07, 6.45) is 1.56. The number of esters is 1. The number of hydrogen-bond donors (Lipinski definition) is 1. The fourth-order valence-electron chi connectivity index (χ4n) is 3.01. The Morgan fingerprint density at radius 1 is 1.16 bits per heavy atom. The van der Waals surface area contributed by atoms with E-state index in [0.29, 0.717) is 23.7 Å². The zero-order valence-corrected chi connectivity index (χ0v) is 18.7. The highest BCUT2D eigenvalue weighted by molar-refractivity contribution is 6.13. The third-order valence-corrected chi connectivity index (χ3v) is 4.32. The number of imide groups is 1. The molecule has 2 heterocycles. The van der Waals surface area contributed by atoms with Gasteiger partial charge in [0.2, 0.25) is 5.76 Å². The molecule has 0 unspecified atom stereocenters. The van der Waals surface area contributed by atoms with E-state index in [1.165, 1.54) is 19.2 Å².